The van der Waals surface area contributed by atoms with E-state index in [1.807, 2.05) is 78.0 Å². The Morgan fingerprint density at radius 1 is 0.621 bits per heavy atom. The van der Waals surface area contributed by atoms with Gasteiger partial charge < -0.3 is 39.9 Å². The van der Waals surface area contributed by atoms with Crippen LogP contribution >= 0.6 is 0 Å². The number of amides is 4. The summed E-state index contributed by atoms with van der Waals surface area (Å²) in [6.45, 7) is 1.11. The first-order valence-corrected chi connectivity index (χ1v) is 22.5. The molecule has 2 saturated heterocycles. The van der Waals surface area contributed by atoms with Crippen LogP contribution in [-0.2, 0) is 31.9 Å². The minimum atomic E-state index is -0.883. The van der Waals surface area contributed by atoms with Gasteiger partial charge in [-0.05, 0) is 100 Å². The lowest BCUT2D eigenvalue weighted by Crippen LogP contribution is -2.42. The SMILES string of the molecule is COC(=O)NC(C(=O)N1CCC[C@H]1c1ncc(-c2ccc3c(c2)CCc2c-3ccc3cc(-c4cnc([C@@H]5CCCN5C(=O)C(NC(=O)OC)c5ccccc5)[nH]4)ccc23)[nH]1)c1ccccc1. The number of methoxy groups -OCH3 is 2. The summed E-state index contributed by atoms with van der Waals surface area (Å²) in [4.78, 5) is 72.9. The highest BCUT2D eigenvalue weighted by molar-refractivity contribution is 5.96. The minimum Gasteiger partial charge on any atom is -0.453 e. The van der Waals surface area contributed by atoms with E-state index in [1.54, 1.807) is 4.90 Å². The van der Waals surface area contributed by atoms with E-state index in [4.69, 9.17) is 19.4 Å². The van der Waals surface area contributed by atoms with Crippen LogP contribution in [0, 0.1) is 0 Å². The van der Waals surface area contributed by atoms with Gasteiger partial charge in [0.2, 0.25) is 0 Å². The van der Waals surface area contributed by atoms with Gasteiger partial charge in [-0.15, -0.1) is 0 Å². The number of H-pyrrole nitrogens is 2. The van der Waals surface area contributed by atoms with Gasteiger partial charge >= 0.3 is 12.2 Å². The molecule has 4 amide bonds. The van der Waals surface area contributed by atoms with E-state index >= 15 is 0 Å². The van der Waals surface area contributed by atoms with Crippen molar-refractivity contribution in [3.8, 4) is 33.6 Å². The van der Waals surface area contributed by atoms with Gasteiger partial charge in [-0.3, -0.25) is 9.59 Å². The molecule has 334 valence electrons. The van der Waals surface area contributed by atoms with Crippen molar-refractivity contribution in [3.63, 3.8) is 0 Å². The molecule has 14 nitrogen and oxygen atoms in total. The predicted octanol–water partition coefficient (Wildman–Crippen LogP) is 8.91. The van der Waals surface area contributed by atoms with Crippen LogP contribution in [0.15, 0.2) is 122 Å². The number of aryl methyl sites for hydroxylation is 2. The number of carbonyl (C=O) groups excluding carboxylic acids is 4. The first kappa shape index (κ1) is 42.2. The molecule has 3 aliphatic rings. The second kappa shape index (κ2) is 18.0. The number of ether oxygens (including phenoxy) is 2. The fraction of sp³-hybridized carbons (Fsp3) is 0.269. The van der Waals surface area contributed by atoms with E-state index in [0.29, 0.717) is 30.0 Å². The molecular weight excluding hydrogens is 833 g/mol. The largest absolute Gasteiger partial charge is 0.453 e. The fourth-order valence-electron chi connectivity index (χ4n) is 10.1. The average Bonchev–Trinajstić information content (AvgIpc) is 4.22. The van der Waals surface area contributed by atoms with Gasteiger partial charge in [0.05, 0.1) is 50.1 Å². The third kappa shape index (κ3) is 8.03. The first-order chi connectivity index (χ1) is 32.3. The number of carbonyl (C=O) groups is 4. The Balaban J connectivity index is 0.852. The Labute approximate surface area is 381 Å². The van der Waals surface area contributed by atoms with Crippen LogP contribution in [0.4, 0.5) is 9.59 Å². The van der Waals surface area contributed by atoms with Crippen molar-refractivity contribution in [2.45, 2.75) is 62.7 Å². The van der Waals surface area contributed by atoms with Gasteiger partial charge in [-0.1, -0.05) is 97.1 Å². The van der Waals surface area contributed by atoms with Crippen molar-refractivity contribution in [1.29, 1.82) is 0 Å². The van der Waals surface area contributed by atoms with Gasteiger partial charge in [0.1, 0.15) is 23.7 Å². The highest BCUT2D eigenvalue weighted by atomic mass is 16.5. The quantitative estimate of drug-likeness (QED) is 0.105. The molecule has 2 aromatic heterocycles. The van der Waals surface area contributed by atoms with Crippen LogP contribution in [0.5, 0.6) is 0 Å². The standard InChI is InChI=1S/C52H50N8O6/c1-65-51(63)57-45(31-11-5-3-6-12-31)49(61)59-25-9-15-43(59)47-53-29-41(55-47)35-19-21-37-33(27-35)17-23-40-38-22-20-36(28-34(38)18-24-39(37)40)42-30-54-48(56-42)44-16-10-26-60(44)50(62)46(58-52(64)66-2)32-13-7-4-8-14-32/h3-8,11-14,17,19-23,27-30,43-46H,9-10,15-16,18,24-26H2,1-2H3,(H,53,55)(H,54,56)(H,57,63)(H,58,64)/t43-,44-,45?,46?/m0/s1. The van der Waals surface area contributed by atoms with E-state index in [2.05, 4.69) is 69.1 Å². The van der Waals surface area contributed by atoms with E-state index in [-0.39, 0.29) is 23.9 Å². The second-order valence-electron chi connectivity index (χ2n) is 17.1. The van der Waals surface area contributed by atoms with Crippen molar-refractivity contribution >= 4 is 34.8 Å². The third-order valence-corrected chi connectivity index (χ3v) is 13.3. The molecule has 2 aliphatic heterocycles. The molecule has 1 aliphatic carbocycles. The lowest BCUT2D eigenvalue weighted by Gasteiger charge is -2.28. The number of alkyl carbamates (subject to hydrolysis) is 2. The summed E-state index contributed by atoms with van der Waals surface area (Å²) in [5.74, 6) is 1.03. The maximum Gasteiger partial charge on any atom is 0.407 e. The Bertz CT molecular complexity index is 2950. The molecular formula is C52H50N8O6. The molecule has 0 bridgehead atoms. The van der Waals surface area contributed by atoms with Crippen molar-refractivity contribution in [1.82, 2.24) is 40.4 Å². The lowest BCUT2D eigenvalue weighted by atomic mass is 9.82. The molecule has 2 fully saturated rings. The zero-order valence-electron chi connectivity index (χ0n) is 36.8. The van der Waals surface area contributed by atoms with Crippen LogP contribution in [0.2, 0.25) is 0 Å². The molecule has 4 N–H and O–H groups in total. The van der Waals surface area contributed by atoms with Crippen molar-refractivity contribution in [2.24, 2.45) is 0 Å². The van der Waals surface area contributed by atoms with E-state index in [0.717, 1.165) is 72.3 Å². The minimum absolute atomic E-state index is 0.203. The molecule has 2 unspecified atom stereocenters. The average molecular weight is 883 g/mol. The van der Waals surface area contributed by atoms with Gasteiger partial charge in [-0.25, -0.2) is 19.6 Å². The van der Waals surface area contributed by atoms with Crippen LogP contribution in [0.25, 0.3) is 44.4 Å². The molecule has 66 heavy (non-hydrogen) atoms. The number of hydrogen-bond acceptors (Lipinski definition) is 8. The zero-order valence-corrected chi connectivity index (χ0v) is 36.8. The maximum atomic E-state index is 14.0. The van der Waals surface area contributed by atoms with Gasteiger partial charge in [0, 0.05) is 18.7 Å². The molecule has 0 saturated carbocycles. The summed E-state index contributed by atoms with van der Waals surface area (Å²) in [7, 11) is 2.58. The summed E-state index contributed by atoms with van der Waals surface area (Å²) < 4.78 is 9.72. The number of likely N-dealkylation sites (tertiary alicyclic amines) is 2. The number of nitrogens with one attached hydrogen (secondary N) is 4. The van der Waals surface area contributed by atoms with Gasteiger partial charge in [0.25, 0.3) is 11.8 Å². The van der Waals surface area contributed by atoms with Gasteiger partial charge in [-0.2, -0.15) is 0 Å². The Hall–Kier alpha value is -7.74. The lowest BCUT2D eigenvalue weighted by molar-refractivity contribution is -0.135. The number of aromatic nitrogens is 4. The van der Waals surface area contributed by atoms with Crippen LogP contribution in [0.3, 0.4) is 0 Å². The molecule has 7 aromatic rings. The van der Waals surface area contributed by atoms with E-state index in [1.165, 1.54) is 41.9 Å². The Kier molecular flexibility index (Phi) is 11.5. The summed E-state index contributed by atoms with van der Waals surface area (Å²) in [6, 6.07) is 33.7. The monoisotopic (exact) mass is 882 g/mol. The summed E-state index contributed by atoms with van der Waals surface area (Å²) in [5.41, 5.74) is 10.2. The Morgan fingerprint density at radius 3 is 1.68 bits per heavy atom. The third-order valence-electron chi connectivity index (χ3n) is 13.3. The predicted molar refractivity (Wildman–Crippen MR) is 249 cm³/mol. The normalized spacial score (nSPS) is 17.4. The number of hydrogen-bond donors (Lipinski definition) is 4. The van der Waals surface area contributed by atoms with Crippen molar-refractivity contribution in [2.75, 3.05) is 27.3 Å². The topological polar surface area (TPSA) is 175 Å². The smallest absolute Gasteiger partial charge is 0.407 e. The molecule has 10 rings (SSSR count). The number of fused-ring (bicyclic) bond motifs is 5. The van der Waals surface area contributed by atoms with Crippen molar-refractivity contribution < 1.29 is 28.7 Å². The summed E-state index contributed by atoms with van der Waals surface area (Å²) in [6.07, 6.45) is 7.29. The second-order valence-corrected chi connectivity index (χ2v) is 17.1. The molecule has 14 heteroatoms. The van der Waals surface area contributed by atoms with E-state index < -0.39 is 24.3 Å². The number of nitrogens with zero attached hydrogens (tertiary/aromatic N) is 4. The van der Waals surface area contributed by atoms with Crippen molar-refractivity contribution in [3.05, 3.63) is 155 Å². The maximum absolute atomic E-state index is 14.0. The molecule has 0 spiro atoms. The van der Waals surface area contributed by atoms with Crippen LogP contribution in [-0.4, -0.2) is 81.0 Å². The van der Waals surface area contributed by atoms with Gasteiger partial charge in [0.15, 0.2) is 0 Å². The zero-order chi connectivity index (χ0) is 45.3. The number of imidazole rings is 2. The fourth-order valence-corrected chi connectivity index (χ4v) is 10.1. The van der Waals surface area contributed by atoms with Crippen LogP contribution in [0.1, 0.15) is 83.8 Å². The molecule has 4 atom stereocenters. The number of benzene rings is 5. The molecule has 5 aromatic carbocycles. The molecule has 4 heterocycles. The first-order valence-electron chi connectivity index (χ1n) is 22.5. The molecule has 0 radical (unpaired) electrons. The number of aromatic amines is 2. The summed E-state index contributed by atoms with van der Waals surface area (Å²) in [5, 5.41) is 7.82. The van der Waals surface area contributed by atoms with Crippen LogP contribution < -0.4 is 10.6 Å². The Morgan fingerprint density at radius 2 is 1.14 bits per heavy atom. The summed E-state index contributed by atoms with van der Waals surface area (Å²) >= 11 is 0. The highest BCUT2D eigenvalue weighted by Crippen LogP contribution is 2.41. The highest BCUT2D eigenvalue weighted by Gasteiger charge is 2.39. The van der Waals surface area contributed by atoms with E-state index in [9.17, 15) is 19.2 Å². The number of rotatable bonds is 10.